The quantitative estimate of drug-likeness (QED) is 0.530. The lowest BCUT2D eigenvalue weighted by Crippen LogP contribution is -2.27. The summed E-state index contributed by atoms with van der Waals surface area (Å²) < 4.78 is 0. The van der Waals surface area contributed by atoms with Crippen LogP contribution in [0.5, 0.6) is 0 Å². The maximum absolute atomic E-state index is 10.6. The summed E-state index contributed by atoms with van der Waals surface area (Å²) in [6.07, 6.45) is 4.93. The number of urea groups is 2. The van der Waals surface area contributed by atoms with E-state index in [-0.39, 0.29) is 0 Å². The molecule has 0 aromatic carbocycles. The van der Waals surface area contributed by atoms with Crippen molar-refractivity contribution in [3.05, 3.63) is 0 Å². The zero-order valence-electron chi connectivity index (χ0n) is 10.1. The highest BCUT2D eigenvalue weighted by Gasteiger charge is 2.10. The maximum Gasteiger partial charge on any atom is 0.332 e. The number of carbonyl (C=O) groups excluding carboxylic acids is 2. The number of primary amides is 2. The SMILES string of the molecule is NC(=O)NN=C1CCCCC(=NNC(N)=O)CC1. The highest BCUT2D eigenvalue weighted by Crippen LogP contribution is 2.13. The summed E-state index contributed by atoms with van der Waals surface area (Å²) in [6.45, 7) is 0. The molecule has 4 amide bonds. The van der Waals surface area contributed by atoms with E-state index in [9.17, 15) is 9.59 Å². The van der Waals surface area contributed by atoms with Crippen LogP contribution < -0.4 is 22.3 Å². The lowest BCUT2D eigenvalue weighted by Gasteiger charge is -2.13. The van der Waals surface area contributed by atoms with Crippen molar-refractivity contribution < 1.29 is 9.59 Å². The molecular weight excluding hydrogens is 236 g/mol. The van der Waals surface area contributed by atoms with Gasteiger partial charge in [0.25, 0.3) is 0 Å². The second kappa shape index (κ2) is 7.25. The minimum Gasteiger partial charge on any atom is -0.350 e. The summed E-state index contributed by atoms with van der Waals surface area (Å²) in [4.78, 5) is 21.1. The summed E-state index contributed by atoms with van der Waals surface area (Å²) in [5.41, 5.74) is 16.1. The molecule has 6 N–H and O–H groups in total. The number of nitrogens with zero attached hydrogens (tertiary/aromatic N) is 2. The number of rotatable bonds is 2. The lowest BCUT2D eigenvalue weighted by atomic mass is 9.98. The summed E-state index contributed by atoms with van der Waals surface area (Å²) in [5, 5.41) is 7.88. The van der Waals surface area contributed by atoms with Gasteiger partial charge >= 0.3 is 12.1 Å². The van der Waals surface area contributed by atoms with E-state index in [0.29, 0.717) is 12.8 Å². The van der Waals surface area contributed by atoms with Gasteiger partial charge in [-0.05, 0) is 38.5 Å². The number of hydrazone groups is 2. The average Bonchev–Trinajstić information content (AvgIpc) is 2.26. The van der Waals surface area contributed by atoms with E-state index < -0.39 is 12.1 Å². The fourth-order valence-corrected chi connectivity index (χ4v) is 1.69. The van der Waals surface area contributed by atoms with Crippen LogP contribution in [0.15, 0.2) is 10.2 Å². The van der Waals surface area contributed by atoms with Crippen molar-refractivity contribution in [1.82, 2.24) is 10.9 Å². The monoisotopic (exact) mass is 254 g/mol. The Morgan fingerprint density at radius 1 is 0.833 bits per heavy atom. The van der Waals surface area contributed by atoms with Crippen molar-refractivity contribution in [2.75, 3.05) is 0 Å². The normalized spacial score (nSPS) is 21.1. The highest BCUT2D eigenvalue weighted by atomic mass is 16.2. The molecule has 1 fully saturated rings. The number of hydrogen-bond donors (Lipinski definition) is 4. The van der Waals surface area contributed by atoms with Gasteiger partial charge in [-0.15, -0.1) is 0 Å². The van der Waals surface area contributed by atoms with E-state index in [1.165, 1.54) is 0 Å². The van der Waals surface area contributed by atoms with Crippen LogP contribution in [0, 0.1) is 0 Å². The first-order valence-electron chi connectivity index (χ1n) is 5.79. The fourth-order valence-electron chi connectivity index (χ4n) is 1.69. The molecule has 1 aliphatic rings. The van der Waals surface area contributed by atoms with Crippen LogP contribution in [0.2, 0.25) is 0 Å². The number of carbonyl (C=O) groups is 2. The predicted molar refractivity (Wildman–Crippen MR) is 68.0 cm³/mol. The van der Waals surface area contributed by atoms with Gasteiger partial charge in [-0.1, -0.05) is 0 Å². The summed E-state index contributed by atoms with van der Waals surface area (Å²) in [5.74, 6) is 0. The predicted octanol–water partition coefficient (Wildman–Crippen LogP) is 0.389. The number of amides is 4. The Bertz CT molecular complexity index is 341. The van der Waals surface area contributed by atoms with E-state index in [1.807, 2.05) is 0 Å². The Morgan fingerprint density at radius 3 is 1.56 bits per heavy atom. The van der Waals surface area contributed by atoms with Gasteiger partial charge in [-0.3, -0.25) is 0 Å². The molecule has 8 heteroatoms. The number of hydrogen-bond acceptors (Lipinski definition) is 4. The largest absolute Gasteiger partial charge is 0.350 e. The van der Waals surface area contributed by atoms with Gasteiger partial charge in [0.2, 0.25) is 0 Å². The molecule has 0 unspecified atom stereocenters. The molecule has 0 aliphatic heterocycles. The van der Waals surface area contributed by atoms with Crippen LogP contribution in [0.4, 0.5) is 9.59 Å². The van der Waals surface area contributed by atoms with Crippen molar-refractivity contribution in [3.63, 3.8) is 0 Å². The Labute approximate surface area is 105 Å². The Balaban J connectivity index is 2.54. The first-order chi connectivity index (χ1) is 8.58. The molecule has 0 radical (unpaired) electrons. The molecule has 18 heavy (non-hydrogen) atoms. The lowest BCUT2D eigenvalue weighted by molar-refractivity contribution is 0.248. The molecule has 0 atom stereocenters. The highest BCUT2D eigenvalue weighted by molar-refractivity contribution is 5.93. The van der Waals surface area contributed by atoms with E-state index in [4.69, 9.17) is 11.5 Å². The van der Waals surface area contributed by atoms with E-state index in [1.54, 1.807) is 0 Å². The van der Waals surface area contributed by atoms with Crippen molar-refractivity contribution in [2.24, 2.45) is 21.7 Å². The fraction of sp³-hybridized carbons (Fsp3) is 0.600. The Kier molecular flexibility index (Phi) is 5.62. The van der Waals surface area contributed by atoms with Crippen molar-refractivity contribution in [2.45, 2.75) is 38.5 Å². The van der Waals surface area contributed by atoms with Crippen LogP contribution in [0.1, 0.15) is 38.5 Å². The third-order valence-corrected chi connectivity index (χ3v) is 2.53. The Hall–Kier alpha value is -2.12. The topological polar surface area (TPSA) is 135 Å². The second-order valence-corrected chi connectivity index (χ2v) is 4.02. The van der Waals surface area contributed by atoms with Gasteiger partial charge in [0.05, 0.1) is 0 Å². The molecule has 0 heterocycles. The first kappa shape index (κ1) is 13.9. The zero-order chi connectivity index (χ0) is 13.4. The summed E-state index contributed by atoms with van der Waals surface area (Å²) >= 11 is 0. The molecule has 0 bridgehead atoms. The zero-order valence-corrected chi connectivity index (χ0v) is 10.1. The van der Waals surface area contributed by atoms with Gasteiger partial charge in [0.1, 0.15) is 0 Å². The van der Waals surface area contributed by atoms with Crippen molar-refractivity contribution in [3.8, 4) is 0 Å². The van der Waals surface area contributed by atoms with E-state index in [2.05, 4.69) is 21.1 Å². The third kappa shape index (κ3) is 5.83. The molecule has 0 saturated heterocycles. The average molecular weight is 254 g/mol. The van der Waals surface area contributed by atoms with Gasteiger partial charge < -0.3 is 11.5 Å². The molecular formula is C10H18N6O2. The minimum atomic E-state index is -0.672. The van der Waals surface area contributed by atoms with Crippen LogP contribution in [0.25, 0.3) is 0 Å². The van der Waals surface area contributed by atoms with Crippen LogP contribution in [-0.4, -0.2) is 23.5 Å². The van der Waals surface area contributed by atoms with Gasteiger partial charge in [-0.2, -0.15) is 10.2 Å². The maximum atomic E-state index is 10.6. The second-order valence-electron chi connectivity index (χ2n) is 4.02. The molecule has 0 aromatic heterocycles. The van der Waals surface area contributed by atoms with Crippen LogP contribution in [-0.2, 0) is 0 Å². The number of nitrogens with two attached hydrogens (primary N) is 2. The molecule has 0 aromatic rings. The van der Waals surface area contributed by atoms with E-state index >= 15 is 0 Å². The van der Waals surface area contributed by atoms with E-state index in [0.717, 1.165) is 37.1 Å². The Morgan fingerprint density at radius 2 is 1.22 bits per heavy atom. The standard InChI is InChI=1S/C10H18N6O2/c11-9(17)15-13-7-3-1-2-4-8(6-5-7)14-16-10(12)18/h1-6H2,(H3,11,15,17)(H3,12,16,18). The molecule has 8 nitrogen and oxygen atoms in total. The number of nitrogens with one attached hydrogen (secondary N) is 2. The van der Waals surface area contributed by atoms with Gasteiger partial charge in [-0.25, -0.2) is 20.4 Å². The summed E-state index contributed by atoms with van der Waals surface area (Å²) in [6, 6.07) is -1.34. The van der Waals surface area contributed by atoms with Crippen molar-refractivity contribution >= 4 is 23.5 Å². The van der Waals surface area contributed by atoms with Crippen molar-refractivity contribution in [1.29, 1.82) is 0 Å². The first-order valence-corrected chi connectivity index (χ1v) is 5.79. The molecule has 1 aliphatic carbocycles. The van der Waals surface area contributed by atoms with Crippen LogP contribution in [0.3, 0.4) is 0 Å². The minimum absolute atomic E-state index is 0.672. The summed E-state index contributed by atoms with van der Waals surface area (Å²) in [7, 11) is 0. The van der Waals surface area contributed by atoms with Crippen LogP contribution >= 0.6 is 0 Å². The molecule has 1 saturated carbocycles. The molecule has 1 rings (SSSR count). The van der Waals surface area contributed by atoms with Gasteiger partial charge in [0, 0.05) is 11.4 Å². The smallest absolute Gasteiger partial charge is 0.332 e. The third-order valence-electron chi connectivity index (χ3n) is 2.53. The van der Waals surface area contributed by atoms with Gasteiger partial charge in [0.15, 0.2) is 0 Å². The molecule has 100 valence electrons. The molecule has 0 spiro atoms.